The van der Waals surface area contributed by atoms with Crippen molar-refractivity contribution in [3.8, 4) is 0 Å². The van der Waals surface area contributed by atoms with Crippen LogP contribution in [0.4, 0.5) is 0 Å². The molecule has 6 nitrogen and oxygen atoms in total. The maximum atomic E-state index is 10.9. The Morgan fingerprint density at radius 2 is 2.43 bits per heavy atom. The van der Waals surface area contributed by atoms with Crippen LogP contribution in [-0.2, 0) is 11.3 Å². The molecule has 1 aromatic heterocycles. The maximum absolute atomic E-state index is 10.9. The molecular formula is C8H12N4O2. The number of hydrogen-bond acceptors (Lipinski definition) is 5. The molecule has 1 saturated heterocycles. The van der Waals surface area contributed by atoms with Crippen molar-refractivity contribution in [2.75, 3.05) is 13.1 Å². The number of nitrogens with two attached hydrogens (primary N) is 1. The number of amides is 1. The van der Waals surface area contributed by atoms with E-state index in [1.54, 1.807) is 11.8 Å². The molecule has 2 rings (SSSR count). The van der Waals surface area contributed by atoms with Crippen LogP contribution in [0.2, 0.25) is 0 Å². The second-order valence-corrected chi connectivity index (χ2v) is 3.37. The van der Waals surface area contributed by atoms with Crippen molar-refractivity contribution in [3.63, 3.8) is 0 Å². The van der Waals surface area contributed by atoms with Crippen LogP contribution in [0, 0.1) is 0 Å². The molecular weight excluding hydrogens is 184 g/mol. The SMILES string of the molecule is CC(=O)N1CC(c2nc(CN)no2)C1. The summed E-state index contributed by atoms with van der Waals surface area (Å²) in [5.41, 5.74) is 5.35. The number of aromatic nitrogens is 2. The molecule has 1 amide bonds. The van der Waals surface area contributed by atoms with E-state index in [4.69, 9.17) is 10.3 Å². The lowest BCUT2D eigenvalue weighted by molar-refractivity contribution is -0.133. The minimum absolute atomic E-state index is 0.0832. The van der Waals surface area contributed by atoms with Gasteiger partial charge >= 0.3 is 0 Å². The van der Waals surface area contributed by atoms with Crippen molar-refractivity contribution >= 4 is 5.91 Å². The second kappa shape index (κ2) is 3.38. The summed E-state index contributed by atoms with van der Waals surface area (Å²) < 4.78 is 5.01. The minimum Gasteiger partial charge on any atom is -0.341 e. The van der Waals surface area contributed by atoms with Gasteiger partial charge in [0.25, 0.3) is 0 Å². The van der Waals surface area contributed by atoms with Gasteiger partial charge in [-0.15, -0.1) is 0 Å². The van der Waals surface area contributed by atoms with Gasteiger partial charge in [0.05, 0.1) is 12.5 Å². The molecule has 0 atom stereocenters. The van der Waals surface area contributed by atoms with Crippen LogP contribution in [0.3, 0.4) is 0 Å². The standard InChI is InChI=1S/C8H12N4O2/c1-5(13)12-3-6(4-12)8-10-7(2-9)11-14-8/h6H,2-4,9H2,1H3. The van der Waals surface area contributed by atoms with Gasteiger partial charge in [0, 0.05) is 20.0 Å². The Bertz CT molecular complexity index is 343. The Morgan fingerprint density at radius 3 is 2.93 bits per heavy atom. The van der Waals surface area contributed by atoms with Crippen molar-refractivity contribution in [2.45, 2.75) is 19.4 Å². The predicted molar refractivity (Wildman–Crippen MR) is 47.2 cm³/mol. The topological polar surface area (TPSA) is 85.2 Å². The van der Waals surface area contributed by atoms with Gasteiger partial charge in [-0.3, -0.25) is 4.79 Å². The first-order chi connectivity index (χ1) is 6.70. The quantitative estimate of drug-likeness (QED) is 0.687. The summed E-state index contributed by atoms with van der Waals surface area (Å²) >= 11 is 0. The zero-order valence-corrected chi connectivity index (χ0v) is 7.93. The molecule has 14 heavy (non-hydrogen) atoms. The van der Waals surface area contributed by atoms with Gasteiger partial charge in [-0.2, -0.15) is 4.98 Å². The van der Waals surface area contributed by atoms with Crippen molar-refractivity contribution in [1.82, 2.24) is 15.0 Å². The monoisotopic (exact) mass is 196 g/mol. The summed E-state index contributed by atoms with van der Waals surface area (Å²) in [6, 6.07) is 0. The van der Waals surface area contributed by atoms with Crippen LogP contribution < -0.4 is 5.73 Å². The highest BCUT2D eigenvalue weighted by molar-refractivity contribution is 5.74. The van der Waals surface area contributed by atoms with Gasteiger partial charge in [0.2, 0.25) is 11.8 Å². The van der Waals surface area contributed by atoms with Crippen molar-refractivity contribution in [3.05, 3.63) is 11.7 Å². The van der Waals surface area contributed by atoms with E-state index in [-0.39, 0.29) is 18.4 Å². The fraction of sp³-hybridized carbons (Fsp3) is 0.625. The Labute approximate surface area is 81.1 Å². The second-order valence-electron chi connectivity index (χ2n) is 3.37. The van der Waals surface area contributed by atoms with Gasteiger partial charge in [-0.25, -0.2) is 0 Å². The molecule has 1 fully saturated rings. The van der Waals surface area contributed by atoms with E-state index >= 15 is 0 Å². The summed E-state index contributed by atoms with van der Waals surface area (Å²) in [6.45, 7) is 3.17. The van der Waals surface area contributed by atoms with Gasteiger partial charge in [0.1, 0.15) is 0 Å². The molecule has 0 bridgehead atoms. The highest BCUT2D eigenvalue weighted by Gasteiger charge is 2.33. The third-order valence-corrected chi connectivity index (χ3v) is 2.34. The smallest absolute Gasteiger partial charge is 0.233 e. The number of nitrogens with zero attached hydrogens (tertiary/aromatic N) is 3. The van der Waals surface area contributed by atoms with Crippen molar-refractivity contribution < 1.29 is 9.32 Å². The van der Waals surface area contributed by atoms with Gasteiger partial charge < -0.3 is 15.2 Å². The molecule has 0 radical (unpaired) electrons. The van der Waals surface area contributed by atoms with E-state index in [0.29, 0.717) is 24.8 Å². The number of carbonyl (C=O) groups is 1. The van der Waals surface area contributed by atoms with Crippen LogP contribution >= 0.6 is 0 Å². The highest BCUT2D eigenvalue weighted by Crippen LogP contribution is 2.25. The summed E-state index contributed by atoms with van der Waals surface area (Å²) in [5, 5.41) is 3.69. The molecule has 0 aliphatic carbocycles. The normalized spacial score (nSPS) is 16.9. The molecule has 1 aromatic rings. The lowest BCUT2D eigenvalue weighted by Gasteiger charge is -2.36. The first-order valence-corrected chi connectivity index (χ1v) is 4.48. The molecule has 6 heteroatoms. The van der Waals surface area contributed by atoms with Gasteiger partial charge in [-0.05, 0) is 0 Å². The van der Waals surface area contributed by atoms with Crippen LogP contribution in [0.25, 0.3) is 0 Å². The fourth-order valence-corrected chi connectivity index (χ4v) is 1.41. The molecule has 1 aliphatic heterocycles. The zero-order valence-electron chi connectivity index (χ0n) is 7.93. The number of hydrogen-bond donors (Lipinski definition) is 1. The summed E-state index contributed by atoms with van der Waals surface area (Å²) in [7, 11) is 0. The van der Waals surface area contributed by atoms with E-state index < -0.39 is 0 Å². The molecule has 2 N–H and O–H groups in total. The Morgan fingerprint density at radius 1 is 1.71 bits per heavy atom. The highest BCUT2D eigenvalue weighted by atomic mass is 16.5. The number of carbonyl (C=O) groups excluding carboxylic acids is 1. The van der Waals surface area contributed by atoms with E-state index in [9.17, 15) is 4.79 Å². The lowest BCUT2D eigenvalue weighted by atomic mass is 10.0. The maximum Gasteiger partial charge on any atom is 0.233 e. The Hall–Kier alpha value is -1.43. The van der Waals surface area contributed by atoms with Crippen molar-refractivity contribution in [2.24, 2.45) is 5.73 Å². The first-order valence-electron chi connectivity index (χ1n) is 4.48. The Balaban J connectivity index is 1.96. The molecule has 0 spiro atoms. The van der Waals surface area contributed by atoms with E-state index in [1.807, 2.05) is 0 Å². The first kappa shape index (κ1) is 9.14. The van der Waals surface area contributed by atoms with Gasteiger partial charge in [-0.1, -0.05) is 5.16 Å². The lowest BCUT2D eigenvalue weighted by Crippen LogP contribution is -2.47. The fourth-order valence-electron chi connectivity index (χ4n) is 1.41. The van der Waals surface area contributed by atoms with Crippen LogP contribution in [0.15, 0.2) is 4.52 Å². The largest absolute Gasteiger partial charge is 0.341 e. The molecule has 0 saturated carbocycles. The third kappa shape index (κ3) is 1.48. The number of likely N-dealkylation sites (tertiary alicyclic amines) is 1. The minimum atomic E-state index is 0.0832. The van der Waals surface area contributed by atoms with Crippen LogP contribution in [0.5, 0.6) is 0 Å². The average molecular weight is 196 g/mol. The average Bonchev–Trinajstić information content (AvgIpc) is 2.49. The third-order valence-electron chi connectivity index (χ3n) is 2.34. The van der Waals surface area contributed by atoms with Gasteiger partial charge in [0.15, 0.2) is 5.82 Å². The Kier molecular flexibility index (Phi) is 2.20. The molecule has 2 heterocycles. The van der Waals surface area contributed by atoms with Crippen molar-refractivity contribution in [1.29, 1.82) is 0 Å². The van der Waals surface area contributed by atoms with Crippen LogP contribution in [-0.4, -0.2) is 34.0 Å². The van der Waals surface area contributed by atoms with E-state index in [0.717, 1.165) is 0 Å². The number of rotatable bonds is 2. The van der Waals surface area contributed by atoms with Crippen LogP contribution in [0.1, 0.15) is 24.6 Å². The van der Waals surface area contributed by atoms with E-state index in [1.165, 1.54) is 0 Å². The van der Waals surface area contributed by atoms with E-state index in [2.05, 4.69) is 10.1 Å². The summed E-state index contributed by atoms with van der Waals surface area (Å²) in [4.78, 5) is 16.7. The predicted octanol–water partition coefficient (Wildman–Crippen LogP) is -0.526. The molecule has 0 aromatic carbocycles. The molecule has 1 aliphatic rings. The molecule has 0 unspecified atom stereocenters. The summed E-state index contributed by atoms with van der Waals surface area (Å²) in [5.74, 6) is 1.37. The summed E-state index contributed by atoms with van der Waals surface area (Å²) in [6.07, 6.45) is 0. The molecule has 76 valence electrons. The zero-order chi connectivity index (χ0) is 10.1.